The fourth-order valence-electron chi connectivity index (χ4n) is 1.32. The smallest absolute Gasteiger partial charge is 0.170 e. The average Bonchev–Trinajstić information content (AvgIpc) is 2.71. The van der Waals surface area contributed by atoms with Gasteiger partial charge in [0.15, 0.2) is 5.82 Å². The zero-order valence-electron chi connectivity index (χ0n) is 9.13. The second kappa shape index (κ2) is 4.73. The normalized spacial score (nSPS) is 10.2. The average molecular weight is 235 g/mol. The van der Waals surface area contributed by atoms with Gasteiger partial charge < -0.3 is 9.30 Å². The van der Waals surface area contributed by atoms with Crippen LogP contribution in [0.4, 0.5) is 4.39 Å². The van der Waals surface area contributed by atoms with Crippen LogP contribution in [0.25, 0.3) is 0 Å². The maximum atomic E-state index is 13.1. The maximum Gasteiger partial charge on any atom is 0.170 e. The highest BCUT2D eigenvalue weighted by Gasteiger charge is 2.04. The first kappa shape index (κ1) is 11.3. The number of hydrogen-bond donors (Lipinski definition) is 0. The topological polar surface area (TPSA) is 57.0 Å². The minimum atomic E-state index is -0.512. The maximum absolute atomic E-state index is 13.1. The fourth-order valence-corrected chi connectivity index (χ4v) is 1.32. The first-order valence-electron chi connectivity index (χ1n) is 4.90. The molecule has 0 spiro atoms. The number of rotatable bonds is 4. The van der Waals surface area contributed by atoms with Gasteiger partial charge in [0.25, 0.3) is 0 Å². The highest BCUT2D eigenvalue weighted by molar-refractivity contribution is 5.75. The van der Waals surface area contributed by atoms with E-state index in [4.69, 9.17) is 4.74 Å². The lowest BCUT2D eigenvalue weighted by molar-refractivity contribution is 0.112. The predicted molar refractivity (Wildman–Crippen MR) is 57.1 cm³/mol. The molecule has 2 aromatic rings. The van der Waals surface area contributed by atoms with Gasteiger partial charge in [0.1, 0.15) is 30.8 Å². The van der Waals surface area contributed by atoms with Gasteiger partial charge >= 0.3 is 0 Å². The lowest BCUT2D eigenvalue weighted by Crippen LogP contribution is -2.03. The summed E-state index contributed by atoms with van der Waals surface area (Å²) in [5.41, 5.74) is 0.234. The van der Waals surface area contributed by atoms with Gasteiger partial charge in [-0.2, -0.15) is 0 Å². The molecular formula is C11H10FN3O2. The Morgan fingerprint density at radius 1 is 1.47 bits per heavy atom. The molecule has 2 rings (SSSR count). The number of aldehydes is 1. The lowest BCUT2D eigenvalue weighted by atomic mass is 10.2. The van der Waals surface area contributed by atoms with Crippen LogP contribution in [-0.2, 0) is 13.7 Å². The molecule has 0 aliphatic carbocycles. The van der Waals surface area contributed by atoms with Crippen LogP contribution in [0, 0.1) is 5.82 Å². The van der Waals surface area contributed by atoms with Crippen molar-refractivity contribution in [2.75, 3.05) is 0 Å². The van der Waals surface area contributed by atoms with Crippen molar-refractivity contribution in [2.45, 2.75) is 6.61 Å². The molecule has 0 saturated heterocycles. The van der Waals surface area contributed by atoms with Crippen LogP contribution in [0.5, 0.6) is 5.75 Å². The SMILES string of the molecule is Cn1cnnc1COc1cc(F)cc(C=O)c1. The zero-order valence-corrected chi connectivity index (χ0v) is 9.13. The predicted octanol–water partition coefficient (Wildman–Crippen LogP) is 1.35. The van der Waals surface area contributed by atoms with Crippen molar-refractivity contribution in [3.8, 4) is 5.75 Å². The minimum Gasteiger partial charge on any atom is -0.485 e. The monoisotopic (exact) mass is 235 g/mol. The number of aromatic nitrogens is 3. The summed E-state index contributed by atoms with van der Waals surface area (Å²) >= 11 is 0. The Hall–Kier alpha value is -2.24. The summed E-state index contributed by atoms with van der Waals surface area (Å²) in [5, 5.41) is 7.51. The number of carbonyl (C=O) groups is 1. The highest BCUT2D eigenvalue weighted by atomic mass is 19.1. The number of benzene rings is 1. The summed E-state index contributed by atoms with van der Waals surface area (Å²) in [5.74, 6) is 0.388. The molecular weight excluding hydrogens is 225 g/mol. The molecule has 5 nitrogen and oxygen atoms in total. The summed E-state index contributed by atoms with van der Waals surface area (Å²) in [6.45, 7) is 0.165. The molecule has 0 aliphatic rings. The summed E-state index contributed by atoms with van der Waals surface area (Å²) < 4.78 is 20.1. The zero-order chi connectivity index (χ0) is 12.3. The number of aryl methyl sites for hydroxylation is 1. The van der Waals surface area contributed by atoms with Gasteiger partial charge in [0.2, 0.25) is 0 Å². The Morgan fingerprint density at radius 2 is 2.29 bits per heavy atom. The van der Waals surface area contributed by atoms with E-state index < -0.39 is 5.82 Å². The van der Waals surface area contributed by atoms with Crippen LogP contribution in [0.3, 0.4) is 0 Å². The third-order valence-electron chi connectivity index (χ3n) is 2.20. The summed E-state index contributed by atoms with van der Waals surface area (Å²) in [4.78, 5) is 10.5. The van der Waals surface area contributed by atoms with E-state index in [0.717, 1.165) is 6.07 Å². The number of ether oxygens (including phenoxy) is 1. The van der Waals surface area contributed by atoms with Gasteiger partial charge in [-0.3, -0.25) is 4.79 Å². The van der Waals surface area contributed by atoms with Gasteiger partial charge in [-0.15, -0.1) is 10.2 Å². The van der Waals surface area contributed by atoms with Crippen molar-refractivity contribution in [1.82, 2.24) is 14.8 Å². The van der Waals surface area contributed by atoms with Crippen LogP contribution >= 0.6 is 0 Å². The molecule has 0 atom stereocenters. The van der Waals surface area contributed by atoms with E-state index in [1.54, 1.807) is 17.9 Å². The molecule has 0 radical (unpaired) electrons. The van der Waals surface area contributed by atoms with E-state index in [-0.39, 0.29) is 17.9 Å². The Bertz CT molecular complexity index is 539. The Kier molecular flexibility index (Phi) is 3.13. The number of nitrogens with zero attached hydrogens (tertiary/aromatic N) is 3. The second-order valence-electron chi connectivity index (χ2n) is 3.48. The Balaban J connectivity index is 2.11. The first-order valence-corrected chi connectivity index (χ1v) is 4.90. The van der Waals surface area contributed by atoms with Crippen molar-refractivity contribution in [3.63, 3.8) is 0 Å². The summed E-state index contributed by atoms with van der Waals surface area (Å²) in [6, 6.07) is 3.82. The van der Waals surface area contributed by atoms with E-state index in [2.05, 4.69) is 10.2 Å². The molecule has 0 saturated carbocycles. The molecule has 1 aromatic carbocycles. The van der Waals surface area contributed by atoms with Gasteiger partial charge in [-0.1, -0.05) is 0 Å². The molecule has 0 N–H and O–H groups in total. The summed E-state index contributed by atoms with van der Waals surface area (Å²) in [7, 11) is 1.78. The molecule has 1 aromatic heterocycles. The van der Waals surface area contributed by atoms with Crippen LogP contribution in [0.15, 0.2) is 24.5 Å². The molecule has 0 fully saturated rings. The van der Waals surface area contributed by atoms with Crippen molar-refractivity contribution >= 4 is 6.29 Å². The van der Waals surface area contributed by atoms with Crippen molar-refractivity contribution in [3.05, 3.63) is 41.7 Å². The van der Waals surface area contributed by atoms with Crippen LogP contribution in [0.1, 0.15) is 16.2 Å². The molecule has 0 aliphatic heterocycles. The third-order valence-corrected chi connectivity index (χ3v) is 2.20. The second-order valence-corrected chi connectivity index (χ2v) is 3.48. The number of hydrogen-bond acceptors (Lipinski definition) is 4. The quantitative estimate of drug-likeness (QED) is 0.750. The first-order chi connectivity index (χ1) is 8.19. The van der Waals surface area contributed by atoms with Crippen LogP contribution < -0.4 is 4.74 Å². The molecule has 88 valence electrons. The highest BCUT2D eigenvalue weighted by Crippen LogP contribution is 2.16. The summed E-state index contributed by atoms with van der Waals surface area (Å²) in [6.07, 6.45) is 2.11. The lowest BCUT2D eigenvalue weighted by Gasteiger charge is -2.06. The van der Waals surface area contributed by atoms with E-state index in [1.807, 2.05) is 0 Å². The standard InChI is InChI=1S/C11H10FN3O2/c1-15-7-13-14-11(15)6-17-10-3-8(5-16)2-9(12)4-10/h2-5,7H,6H2,1H3. The molecule has 0 amide bonds. The van der Waals surface area contributed by atoms with Crippen molar-refractivity contribution in [1.29, 1.82) is 0 Å². The van der Waals surface area contributed by atoms with Crippen LogP contribution in [-0.4, -0.2) is 21.1 Å². The minimum absolute atomic E-state index is 0.165. The van der Waals surface area contributed by atoms with Crippen LogP contribution in [0.2, 0.25) is 0 Å². The fraction of sp³-hybridized carbons (Fsp3) is 0.182. The number of carbonyl (C=O) groups excluding carboxylic acids is 1. The molecule has 1 heterocycles. The third kappa shape index (κ3) is 2.66. The van der Waals surface area contributed by atoms with Gasteiger partial charge in [-0.25, -0.2) is 4.39 Å². The van der Waals surface area contributed by atoms with Crippen molar-refractivity contribution in [2.24, 2.45) is 7.05 Å². The molecule has 0 unspecified atom stereocenters. The van der Waals surface area contributed by atoms with Crippen molar-refractivity contribution < 1.29 is 13.9 Å². The van der Waals surface area contributed by atoms with E-state index in [0.29, 0.717) is 12.1 Å². The van der Waals surface area contributed by atoms with E-state index >= 15 is 0 Å². The molecule has 17 heavy (non-hydrogen) atoms. The van der Waals surface area contributed by atoms with Gasteiger partial charge in [0.05, 0.1) is 0 Å². The van der Waals surface area contributed by atoms with E-state index in [9.17, 15) is 9.18 Å². The van der Waals surface area contributed by atoms with Gasteiger partial charge in [0, 0.05) is 18.7 Å². The molecule has 0 bridgehead atoms. The Morgan fingerprint density at radius 3 is 2.94 bits per heavy atom. The molecule has 6 heteroatoms. The van der Waals surface area contributed by atoms with Gasteiger partial charge in [-0.05, 0) is 12.1 Å². The van der Waals surface area contributed by atoms with E-state index in [1.165, 1.54) is 12.1 Å². The Labute approximate surface area is 96.9 Å². The number of halogens is 1. The largest absolute Gasteiger partial charge is 0.485 e.